The zero-order valence-electron chi connectivity index (χ0n) is 17.2. The molecule has 8 nitrogen and oxygen atoms in total. The van der Waals surface area contributed by atoms with Crippen molar-refractivity contribution in [2.45, 2.75) is 18.9 Å². The van der Waals surface area contributed by atoms with Crippen LogP contribution in [0.5, 0.6) is 5.75 Å². The maximum Gasteiger partial charge on any atom is 0.257 e. The monoisotopic (exact) mass is 421 g/mol. The highest BCUT2D eigenvalue weighted by Gasteiger charge is 2.18. The minimum atomic E-state index is -0.832. The molecule has 0 saturated heterocycles. The second kappa shape index (κ2) is 11.5. The van der Waals surface area contributed by atoms with Crippen molar-refractivity contribution in [1.29, 1.82) is 5.41 Å². The summed E-state index contributed by atoms with van der Waals surface area (Å²) in [7, 11) is 0. The zero-order chi connectivity index (χ0) is 21.9. The lowest BCUT2D eigenvalue weighted by Gasteiger charge is -2.27. The van der Waals surface area contributed by atoms with Crippen LogP contribution < -0.4 is 10.1 Å². The van der Waals surface area contributed by atoms with E-state index in [0.717, 1.165) is 18.5 Å². The quantitative estimate of drug-likeness (QED) is 0.297. The molecule has 0 radical (unpaired) electrons. The number of ether oxygens (including phenoxy) is 1. The first-order valence-corrected chi connectivity index (χ1v) is 10.1. The first kappa shape index (κ1) is 22.0. The largest absolute Gasteiger partial charge is 0.491 e. The average molecular weight is 422 g/mol. The highest BCUT2D eigenvalue weighted by atomic mass is 16.5. The van der Waals surface area contributed by atoms with Crippen LogP contribution in [0.1, 0.15) is 22.5 Å². The third-order valence-corrected chi connectivity index (χ3v) is 4.63. The number of guanidine groups is 1. The normalized spacial score (nSPS) is 11.5. The number of para-hydroxylation sites is 1. The zero-order valence-corrected chi connectivity index (χ0v) is 17.2. The smallest absolute Gasteiger partial charge is 0.257 e. The molecule has 0 spiro atoms. The van der Waals surface area contributed by atoms with Gasteiger partial charge in [-0.1, -0.05) is 36.4 Å². The summed E-state index contributed by atoms with van der Waals surface area (Å²) < 4.78 is 5.61. The first-order chi connectivity index (χ1) is 15.1. The molecule has 1 amide bonds. The molecule has 31 heavy (non-hydrogen) atoms. The summed E-state index contributed by atoms with van der Waals surface area (Å²) in [4.78, 5) is 21.1. The number of carbonyl (C=O) groups is 1. The Morgan fingerprint density at radius 2 is 1.87 bits per heavy atom. The van der Waals surface area contributed by atoms with E-state index in [0.29, 0.717) is 17.9 Å². The number of hydrogen-bond donors (Lipinski definition) is 4. The number of nitrogens with zero attached hydrogens (tertiary/aromatic N) is 2. The van der Waals surface area contributed by atoms with E-state index in [2.05, 4.69) is 15.3 Å². The summed E-state index contributed by atoms with van der Waals surface area (Å²) in [6, 6.07) is 18.0. The Morgan fingerprint density at radius 1 is 1.16 bits per heavy atom. The van der Waals surface area contributed by atoms with E-state index in [9.17, 15) is 9.90 Å². The maximum absolute atomic E-state index is 12.4. The van der Waals surface area contributed by atoms with Gasteiger partial charge < -0.3 is 19.7 Å². The maximum atomic E-state index is 12.4. The Kier molecular flexibility index (Phi) is 8.19. The highest BCUT2D eigenvalue weighted by Crippen LogP contribution is 2.09. The van der Waals surface area contributed by atoms with Crippen molar-refractivity contribution < 1.29 is 14.6 Å². The topological polar surface area (TPSA) is 114 Å². The van der Waals surface area contributed by atoms with Gasteiger partial charge in [-0.05, 0) is 37.1 Å². The fraction of sp³-hybridized carbons (Fsp3) is 0.261. The van der Waals surface area contributed by atoms with Gasteiger partial charge in [-0.25, -0.2) is 4.98 Å². The lowest BCUT2D eigenvalue weighted by molar-refractivity contribution is 0.0838. The molecule has 0 aliphatic rings. The molecule has 162 valence electrons. The number of benzene rings is 2. The summed E-state index contributed by atoms with van der Waals surface area (Å²) >= 11 is 0. The minimum Gasteiger partial charge on any atom is -0.491 e. The van der Waals surface area contributed by atoms with E-state index in [1.165, 1.54) is 0 Å². The fourth-order valence-electron chi connectivity index (χ4n) is 3.04. The Labute approximate surface area is 181 Å². The highest BCUT2D eigenvalue weighted by molar-refractivity contribution is 6.04. The lowest BCUT2D eigenvalue weighted by atomic mass is 10.2. The van der Waals surface area contributed by atoms with Gasteiger partial charge >= 0.3 is 0 Å². The number of carbonyl (C=O) groups excluding carboxylic acids is 1. The van der Waals surface area contributed by atoms with Crippen LogP contribution in [0.3, 0.4) is 0 Å². The third-order valence-electron chi connectivity index (χ3n) is 4.63. The van der Waals surface area contributed by atoms with Gasteiger partial charge in [-0.2, -0.15) is 0 Å². The van der Waals surface area contributed by atoms with Crippen molar-refractivity contribution in [2.24, 2.45) is 0 Å². The molecule has 3 rings (SSSR count). The van der Waals surface area contributed by atoms with Crippen LogP contribution in [0.25, 0.3) is 0 Å². The summed E-state index contributed by atoms with van der Waals surface area (Å²) in [5.41, 5.74) is 1.46. The number of nitrogens with one attached hydrogen (secondary N) is 3. The number of hydrogen-bond acceptors (Lipinski definition) is 5. The van der Waals surface area contributed by atoms with Crippen LogP contribution in [0.4, 0.5) is 0 Å². The molecule has 3 aromatic rings. The van der Waals surface area contributed by atoms with Crippen LogP contribution in [0.15, 0.2) is 73.2 Å². The second-order valence-electron chi connectivity index (χ2n) is 7.07. The lowest BCUT2D eigenvalue weighted by Crippen LogP contribution is -2.47. The number of amides is 1. The van der Waals surface area contributed by atoms with E-state index in [1.54, 1.807) is 41.7 Å². The van der Waals surface area contributed by atoms with Crippen LogP contribution >= 0.6 is 0 Å². The van der Waals surface area contributed by atoms with Gasteiger partial charge in [0, 0.05) is 24.0 Å². The molecule has 0 fully saturated rings. The van der Waals surface area contributed by atoms with E-state index in [-0.39, 0.29) is 25.0 Å². The average Bonchev–Trinajstić information content (AvgIpc) is 3.32. The van der Waals surface area contributed by atoms with Crippen molar-refractivity contribution in [2.75, 3.05) is 19.7 Å². The summed E-state index contributed by atoms with van der Waals surface area (Å²) in [5.74, 6) is 0.247. The van der Waals surface area contributed by atoms with E-state index < -0.39 is 6.10 Å². The van der Waals surface area contributed by atoms with Crippen molar-refractivity contribution >= 4 is 11.9 Å². The number of H-pyrrole nitrogens is 1. The van der Waals surface area contributed by atoms with Crippen molar-refractivity contribution in [3.8, 4) is 5.75 Å². The number of aliphatic hydroxyl groups is 1. The molecule has 4 N–H and O–H groups in total. The molecular formula is C23H27N5O3. The van der Waals surface area contributed by atoms with E-state index in [1.807, 2.05) is 36.4 Å². The molecule has 1 unspecified atom stereocenters. The first-order valence-electron chi connectivity index (χ1n) is 10.1. The van der Waals surface area contributed by atoms with Crippen LogP contribution in [-0.4, -0.2) is 57.6 Å². The van der Waals surface area contributed by atoms with Gasteiger partial charge in [-0.3, -0.25) is 15.5 Å². The van der Waals surface area contributed by atoms with Gasteiger partial charge in [0.1, 0.15) is 18.5 Å². The predicted molar refractivity (Wildman–Crippen MR) is 118 cm³/mol. The molecule has 0 saturated carbocycles. The standard InChI is InChI=1S/C23H27N5O3/c24-23(27-22(30)18-8-3-1-4-9-18)28(13-7-10-19-14-25-17-26-19)15-20(29)16-31-21-11-5-2-6-12-21/h1-6,8-9,11-12,14,17,20,29H,7,10,13,15-16H2,(H,25,26)(H2,24,27,30). The molecule has 1 heterocycles. The van der Waals surface area contributed by atoms with Crippen molar-refractivity contribution in [3.63, 3.8) is 0 Å². The van der Waals surface area contributed by atoms with Crippen molar-refractivity contribution in [3.05, 3.63) is 84.4 Å². The van der Waals surface area contributed by atoms with E-state index in [4.69, 9.17) is 10.1 Å². The third kappa shape index (κ3) is 7.27. The number of aliphatic hydroxyl groups excluding tert-OH is 1. The molecule has 1 atom stereocenters. The number of aryl methyl sites for hydroxylation is 1. The molecule has 1 aromatic heterocycles. The Balaban J connectivity index is 1.57. The molecule has 8 heteroatoms. The number of imidazole rings is 1. The minimum absolute atomic E-state index is 0.0581. The fourth-order valence-corrected chi connectivity index (χ4v) is 3.04. The molecule has 0 aliphatic carbocycles. The van der Waals surface area contributed by atoms with Crippen molar-refractivity contribution in [1.82, 2.24) is 20.2 Å². The Bertz CT molecular complexity index is 932. The summed E-state index contributed by atoms with van der Waals surface area (Å²) in [6.07, 6.45) is 4.02. The van der Waals surface area contributed by atoms with Crippen LogP contribution in [0, 0.1) is 5.41 Å². The van der Waals surface area contributed by atoms with Crippen LogP contribution in [0.2, 0.25) is 0 Å². The predicted octanol–water partition coefficient (Wildman–Crippen LogP) is 2.45. The second-order valence-corrected chi connectivity index (χ2v) is 7.07. The number of aromatic nitrogens is 2. The van der Waals surface area contributed by atoms with Gasteiger partial charge in [0.25, 0.3) is 5.91 Å². The summed E-state index contributed by atoms with van der Waals surface area (Å²) in [6.45, 7) is 0.722. The molecule has 0 aliphatic heterocycles. The molecule has 2 aromatic carbocycles. The Hall–Kier alpha value is -3.65. The number of rotatable bonds is 10. The van der Waals surface area contributed by atoms with Gasteiger partial charge in [-0.15, -0.1) is 0 Å². The van der Waals surface area contributed by atoms with Gasteiger partial charge in [0.05, 0.1) is 12.9 Å². The van der Waals surface area contributed by atoms with Crippen LogP contribution in [-0.2, 0) is 6.42 Å². The van der Waals surface area contributed by atoms with Gasteiger partial charge in [0.2, 0.25) is 0 Å². The van der Waals surface area contributed by atoms with E-state index >= 15 is 0 Å². The van der Waals surface area contributed by atoms with Gasteiger partial charge in [0.15, 0.2) is 5.96 Å². The summed E-state index contributed by atoms with van der Waals surface area (Å²) in [5, 5.41) is 21.5. The SMILES string of the molecule is N=C(NC(=O)c1ccccc1)N(CCCc1cnc[nH]1)CC(O)COc1ccccc1. The molecular weight excluding hydrogens is 394 g/mol. The number of aromatic amines is 1. The Morgan fingerprint density at radius 3 is 2.55 bits per heavy atom. The molecule has 0 bridgehead atoms.